The van der Waals surface area contributed by atoms with Gasteiger partial charge in [0.1, 0.15) is 0 Å². The van der Waals surface area contributed by atoms with E-state index in [1.165, 1.54) is 6.92 Å². The Balaban J connectivity index is 1.83. The minimum atomic E-state index is -1.78. The van der Waals surface area contributed by atoms with Gasteiger partial charge in [-0.05, 0) is 32.8 Å². The molecule has 0 spiro atoms. The number of hydrogen-bond donors (Lipinski definition) is 0. The molecule has 7 nitrogen and oxygen atoms in total. The number of para-hydroxylation sites is 1. The van der Waals surface area contributed by atoms with E-state index in [4.69, 9.17) is 25.5 Å². The van der Waals surface area contributed by atoms with Crippen LogP contribution in [0, 0.1) is 6.92 Å². The van der Waals surface area contributed by atoms with Gasteiger partial charge in [-0.2, -0.15) is 0 Å². The molecule has 1 saturated heterocycles. The smallest absolute Gasteiger partial charge is 0.332 e. The highest BCUT2D eigenvalue weighted by Gasteiger charge is 2.53. The van der Waals surface area contributed by atoms with Crippen molar-refractivity contribution in [2.24, 2.45) is 0 Å². The van der Waals surface area contributed by atoms with Gasteiger partial charge in [-0.1, -0.05) is 23.7 Å². The fourth-order valence-corrected chi connectivity index (χ4v) is 4.11. The van der Waals surface area contributed by atoms with Crippen LogP contribution in [0.1, 0.15) is 35.9 Å². The molecule has 0 N–H and O–H groups in total. The van der Waals surface area contributed by atoms with Crippen molar-refractivity contribution in [1.29, 1.82) is 0 Å². The molecule has 2 unspecified atom stereocenters. The molecule has 0 aliphatic carbocycles. The number of ether oxygens (including phenoxy) is 2. The van der Waals surface area contributed by atoms with Crippen LogP contribution in [0.25, 0.3) is 11.0 Å². The maximum Gasteiger partial charge on any atom is 0.332 e. The summed E-state index contributed by atoms with van der Waals surface area (Å²) in [5.74, 6) is -2.07. The van der Waals surface area contributed by atoms with E-state index in [0.29, 0.717) is 34.6 Å². The van der Waals surface area contributed by atoms with Crippen molar-refractivity contribution in [2.75, 3.05) is 13.1 Å². The summed E-state index contributed by atoms with van der Waals surface area (Å²) >= 11 is 6.21. The Bertz CT molecular complexity index is 1040. The van der Waals surface area contributed by atoms with E-state index < -0.39 is 29.6 Å². The maximum atomic E-state index is 13.7. The number of furan rings is 1. The van der Waals surface area contributed by atoms with Crippen LogP contribution in [0.3, 0.4) is 0 Å². The van der Waals surface area contributed by atoms with Crippen molar-refractivity contribution in [1.82, 2.24) is 4.90 Å². The number of cyclic esters (lactones) is 2. The van der Waals surface area contributed by atoms with Gasteiger partial charge in [0.05, 0.1) is 5.02 Å². The molecule has 3 heterocycles. The molecule has 0 bridgehead atoms. The predicted octanol–water partition coefficient (Wildman–Crippen LogP) is 3.41. The van der Waals surface area contributed by atoms with Crippen molar-refractivity contribution in [2.45, 2.75) is 38.5 Å². The highest BCUT2D eigenvalue weighted by molar-refractivity contribution is 6.35. The Morgan fingerprint density at radius 3 is 2.55 bits per heavy atom. The first-order valence-electron chi connectivity index (χ1n) is 9.39. The lowest BCUT2D eigenvalue weighted by Crippen LogP contribution is -2.59. The van der Waals surface area contributed by atoms with E-state index in [9.17, 15) is 14.4 Å². The summed E-state index contributed by atoms with van der Waals surface area (Å²) < 4.78 is 16.9. The minimum absolute atomic E-state index is 0.0215. The third-order valence-electron chi connectivity index (χ3n) is 5.41. The molecule has 2 aromatic rings. The van der Waals surface area contributed by atoms with E-state index in [0.717, 1.165) is 25.0 Å². The number of fused-ring (bicyclic) bond motifs is 1. The number of aryl methyl sites for hydroxylation is 1. The molecule has 1 aromatic heterocycles. The van der Waals surface area contributed by atoms with Gasteiger partial charge in [0.2, 0.25) is 17.6 Å². The molecule has 1 fully saturated rings. The van der Waals surface area contributed by atoms with Crippen LogP contribution in [0.5, 0.6) is 0 Å². The Morgan fingerprint density at radius 1 is 1.17 bits per heavy atom. The van der Waals surface area contributed by atoms with Crippen molar-refractivity contribution in [3.8, 4) is 0 Å². The molecule has 0 amide bonds. The summed E-state index contributed by atoms with van der Waals surface area (Å²) in [6.45, 7) is 4.43. The molecule has 152 valence electrons. The number of carbonyl (C=O) groups excluding carboxylic acids is 3. The second-order valence-electron chi connectivity index (χ2n) is 7.40. The number of ketones is 1. The zero-order valence-electron chi connectivity index (χ0n) is 16.1. The van der Waals surface area contributed by atoms with Crippen LogP contribution in [0.15, 0.2) is 34.8 Å². The molecule has 29 heavy (non-hydrogen) atoms. The number of rotatable bonds is 3. The lowest BCUT2D eigenvalue weighted by atomic mass is 9.93. The van der Waals surface area contributed by atoms with Crippen LogP contribution in [0.4, 0.5) is 0 Å². The maximum absolute atomic E-state index is 13.7. The van der Waals surface area contributed by atoms with Crippen LogP contribution in [-0.4, -0.2) is 47.5 Å². The van der Waals surface area contributed by atoms with Crippen LogP contribution >= 0.6 is 11.6 Å². The highest BCUT2D eigenvalue weighted by atomic mass is 35.5. The number of nitrogens with zero attached hydrogens (tertiary/aromatic N) is 1. The lowest BCUT2D eigenvalue weighted by Gasteiger charge is -2.39. The van der Waals surface area contributed by atoms with Gasteiger partial charge in [-0.3, -0.25) is 9.69 Å². The average molecular weight is 418 g/mol. The van der Waals surface area contributed by atoms with Gasteiger partial charge < -0.3 is 13.9 Å². The summed E-state index contributed by atoms with van der Waals surface area (Å²) in [4.78, 5) is 39.9. The van der Waals surface area contributed by atoms with Gasteiger partial charge in [0.15, 0.2) is 11.3 Å². The first kappa shape index (κ1) is 19.7. The highest BCUT2D eigenvalue weighted by Crippen LogP contribution is 2.36. The fourth-order valence-electron chi connectivity index (χ4n) is 3.90. The number of likely N-dealkylation sites (tertiary alicyclic amines) is 1. The third-order valence-corrected chi connectivity index (χ3v) is 5.71. The standard InChI is InChI=1S/C21H20ClNO6/c1-12-13-6-5-7-14(22)18(13)28-17(12)19(26)21(2)20(23-10-3-4-11-23)27-15(24)8-9-16(25)29-21/h5-9,20H,3-4,10-11H2,1-2H3/b9-8-. The molecule has 4 rings (SSSR count). The fraction of sp³-hybridized carbons (Fsp3) is 0.381. The summed E-state index contributed by atoms with van der Waals surface area (Å²) in [5, 5.41) is 1.06. The van der Waals surface area contributed by atoms with Gasteiger partial charge in [0.25, 0.3) is 0 Å². The SMILES string of the molecule is Cc1c(C(=O)C2(C)OC(=O)/C=C\C(=O)OC2N2CCCC2)oc2c(Cl)cccc12. The Labute approximate surface area is 172 Å². The number of benzene rings is 1. The first-order chi connectivity index (χ1) is 13.8. The van der Waals surface area contributed by atoms with Crippen molar-refractivity contribution < 1.29 is 28.3 Å². The zero-order chi connectivity index (χ0) is 20.8. The molecule has 8 heteroatoms. The number of halogens is 1. The number of hydrogen-bond acceptors (Lipinski definition) is 7. The van der Waals surface area contributed by atoms with Gasteiger partial charge >= 0.3 is 11.9 Å². The van der Waals surface area contributed by atoms with Crippen molar-refractivity contribution >= 4 is 40.3 Å². The minimum Gasteiger partial charge on any atom is -0.451 e. The molecule has 2 atom stereocenters. The Kier molecular flexibility index (Phi) is 4.96. The van der Waals surface area contributed by atoms with Crippen molar-refractivity contribution in [3.05, 3.63) is 46.7 Å². The van der Waals surface area contributed by atoms with Crippen molar-refractivity contribution in [3.63, 3.8) is 0 Å². The quantitative estimate of drug-likeness (QED) is 0.558. The third kappa shape index (κ3) is 3.34. The van der Waals surface area contributed by atoms with E-state index in [1.54, 1.807) is 25.1 Å². The molecular weight excluding hydrogens is 398 g/mol. The summed E-state index contributed by atoms with van der Waals surface area (Å²) in [5.41, 5.74) is -0.827. The number of Topliss-reactive ketones (excluding diaryl/α,β-unsaturated/α-hetero) is 1. The van der Waals surface area contributed by atoms with E-state index >= 15 is 0 Å². The molecule has 2 aliphatic heterocycles. The second-order valence-corrected chi connectivity index (χ2v) is 7.80. The van der Waals surface area contributed by atoms with E-state index in [-0.39, 0.29) is 5.76 Å². The normalized spacial score (nSPS) is 26.7. The summed E-state index contributed by atoms with van der Waals surface area (Å²) in [6.07, 6.45) is 2.67. The van der Waals surface area contributed by atoms with E-state index in [1.807, 2.05) is 4.90 Å². The van der Waals surface area contributed by atoms with Gasteiger partial charge in [0, 0.05) is 36.2 Å². The largest absolute Gasteiger partial charge is 0.451 e. The van der Waals surface area contributed by atoms with Crippen LogP contribution in [-0.2, 0) is 19.1 Å². The second kappa shape index (κ2) is 7.31. The predicted molar refractivity (Wildman–Crippen MR) is 105 cm³/mol. The van der Waals surface area contributed by atoms with Gasteiger partial charge in [-0.15, -0.1) is 0 Å². The van der Waals surface area contributed by atoms with Crippen LogP contribution < -0.4 is 0 Å². The number of esters is 2. The van der Waals surface area contributed by atoms with E-state index in [2.05, 4.69) is 0 Å². The topological polar surface area (TPSA) is 86.0 Å². The molecule has 1 aromatic carbocycles. The monoisotopic (exact) mass is 417 g/mol. The Hall–Kier alpha value is -2.64. The summed E-state index contributed by atoms with van der Waals surface area (Å²) in [7, 11) is 0. The zero-order valence-corrected chi connectivity index (χ0v) is 16.8. The summed E-state index contributed by atoms with van der Waals surface area (Å²) in [6, 6.07) is 5.22. The molecular formula is C21H20ClNO6. The van der Waals surface area contributed by atoms with Gasteiger partial charge in [-0.25, -0.2) is 9.59 Å². The first-order valence-corrected chi connectivity index (χ1v) is 9.77. The Morgan fingerprint density at radius 2 is 1.86 bits per heavy atom. The molecule has 0 saturated carbocycles. The average Bonchev–Trinajstić information content (AvgIpc) is 3.32. The molecule has 2 aliphatic rings. The van der Waals surface area contributed by atoms with Crippen LogP contribution in [0.2, 0.25) is 5.02 Å². The lowest BCUT2D eigenvalue weighted by molar-refractivity contribution is -0.190. The number of carbonyl (C=O) groups is 3. The molecule has 0 radical (unpaired) electrons.